The van der Waals surface area contributed by atoms with Crippen molar-refractivity contribution in [3.63, 3.8) is 0 Å². The number of carbonyl (C=O) groups is 2. The van der Waals surface area contributed by atoms with E-state index in [0.29, 0.717) is 6.42 Å². The molecule has 1 heterocycles. The van der Waals surface area contributed by atoms with Gasteiger partial charge in [0.05, 0.1) is 31.0 Å². The highest BCUT2D eigenvalue weighted by Crippen LogP contribution is 2.25. The third-order valence-corrected chi connectivity index (χ3v) is 15.3. The van der Waals surface area contributed by atoms with E-state index >= 15 is 0 Å². The summed E-state index contributed by atoms with van der Waals surface area (Å²) in [7, 11) is 0. The molecule has 0 spiro atoms. The van der Waals surface area contributed by atoms with E-state index in [2.05, 4.69) is 19.1 Å². The number of esters is 2. The van der Waals surface area contributed by atoms with Gasteiger partial charge in [-0.3, -0.25) is 9.59 Å². The third kappa shape index (κ3) is 43.4. The molecule has 2 N–H and O–H groups in total. The Bertz CT molecular complexity index is 1070. The zero-order valence-electron chi connectivity index (χ0n) is 45.7. The molecule has 0 bridgehead atoms. The van der Waals surface area contributed by atoms with Crippen LogP contribution in [0.15, 0.2) is 12.2 Å². The quantitative estimate of drug-likeness (QED) is 0.0358. The summed E-state index contributed by atoms with van der Waals surface area (Å²) in [6, 6.07) is 0. The highest BCUT2D eigenvalue weighted by molar-refractivity contribution is 5.80. The maximum absolute atomic E-state index is 12.5. The summed E-state index contributed by atoms with van der Waals surface area (Å²) in [5.74, 6) is -1.40. The monoisotopic (exact) mass is 959 g/mol. The first-order chi connectivity index (χ1) is 33.6. The molecule has 0 amide bonds. The van der Waals surface area contributed by atoms with Gasteiger partial charge in [-0.25, -0.2) is 0 Å². The average Bonchev–Trinajstić information content (AvgIpc) is 3.40. The first kappa shape index (κ1) is 64.6. The largest absolute Gasteiger partial charge is 0.465 e. The van der Waals surface area contributed by atoms with Gasteiger partial charge in [0.2, 0.25) is 0 Å². The van der Waals surface area contributed by atoms with E-state index in [0.717, 1.165) is 19.3 Å². The minimum Gasteiger partial charge on any atom is -0.465 e. The predicted molar refractivity (Wildman–Crippen MR) is 292 cm³/mol. The molecule has 1 saturated heterocycles. The summed E-state index contributed by atoms with van der Waals surface area (Å²) in [4.78, 5) is 24.7. The predicted octanol–water partition coefficient (Wildman–Crippen LogP) is 19.1. The van der Waals surface area contributed by atoms with Gasteiger partial charge in [-0.15, -0.1) is 0 Å². The Balaban J connectivity index is 1.69. The topological polar surface area (TPSA) is 93.1 Å². The van der Waals surface area contributed by atoms with Crippen LogP contribution in [0.3, 0.4) is 0 Å². The van der Waals surface area contributed by atoms with Crippen LogP contribution in [0.1, 0.15) is 334 Å². The highest BCUT2D eigenvalue weighted by Gasteiger charge is 2.36. The number of rotatable bonds is 53. The lowest BCUT2D eigenvalue weighted by molar-refractivity contribution is -0.155. The van der Waals surface area contributed by atoms with E-state index in [-0.39, 0.29) is 19.6 Å². The van der Waals surface area contributed by atoms with Crippen LogP contribution in [0.25, 0.3) is 0 Å². The van der Waals surface area contributed by atoms with Crippen molar-refractivity contribution in [3.8, 4) is 0 Å². The fourth-order valence-electron chi connectivity index (χ4n) is 10.2. The number of carbonyl (C=O) groups excluding carboxylic acids is 2. The molecule has 0 aromatic carbocycles. The second-order valence-corrected chi connectivity index (χ2v) is 22.1. The maximum Gasteiger partial charge on any atom is 0.309 e. The van der Waals surface area contributed by atoms with Crippen molar-refractivity contribution in [3.05, 3.63) is 12.2 Å². The number of unbranched alkanes of at least 4 members (excludes halogenated alkanes) is 47. The second-order valence-electron chi connectivity index (χ2n) is 22.1. The fourth-order valence-corrected chi connectivity index (χ4v) is 10.2. The van der Waals surface area contributed by atoms with Crippen molar-refractivity contribution < 1.29 is 29.3 Å². The summed E-state index contributed by atoms with van der Waals surface area (Å²) in [6.45, 7) is 1.21. The van der Waals surface area contributed by atoms with E-state index in [1.54, 1.807) is 0 Å². The van der Waals surface area contributed by atoms with Gasteiger partial charge in [0.25, 0.3) is 0 Å². The highest BCUT2D eigenvalue weighted by atomic mass is 16.6. The summed E-state index contributed by atoms with van der Waals surface area (Å²) in [5.41, 5.74) is -1.12. The maximum atomic E-state index is 12.5. The molecule has 0 aliphatic carbocycles. The van der Waals surface area contributed by atoms with Crippen LogP contribution in [0.2, 0.25) is 0 Å². The summed E-state index contributed by atoms with van der Waals surface area (Å²) >= 11 is 0. The number of hydrogen-bond acceptors (Lipinski definition) is 6. The molecule has 0 saturated carbocycles. The van der Waals surface area contributed by atoms with Crippen molar-refractivity contribution in [1.82, 2.24) is 0 Å². The van der Waals surface area contributed by atoms with Crippen molar-refractivity contribution >= 4 is 11.9 Å². The number of aliphatic hydroxyl groups excluding tert-OH is 2. The zero-order valence-corrected chi connectivity index (χ0v) is 45.7. The van der Waals surface area contributed by atoms with E-state index in [4.69, 9.17) is 9.47 Å². The lowest BCUT2D eigenvalue weighted by Gasteiger charge is -2.27. The van der Waals surface area contributed by atoms with Crippen LogP contribution in [0.5, 0.6) is 0 Å². The molecule has 0 aromatic rings. The van der Waals surface area contributed by atoms with E-state index in [9.17, 15) is 19.8 Å². The molecule has 68 heavy (non-hydrogen) atoms. The second kappa shape index (κ2) is 51.9. The van der Waals surface area contributed by atoms with Crippen LogP contribution in [0, 0.1) is 11.3 Å². The van der Waals surface area contributed by atoms with Crippen LogP contribution >= 0.6 is 0 Å². The van der Waals surface area contributed by atoms with Crippen LogP contribution in [-0.4, -0.2) is 48.6 Å². The SMILES string of the molecule is CCCCCCCCCCCCCCCCCCCCCCCC/C=C/CCCCCCCCCCCCCCCCCCCCCCCCCCCC1CC(=O)OCC(CO)(CO)COC1=O. The molecule has 402 valence electrons. The van der Waals surface area contributed by atoms with Crippen molar-refractivity contribution in [1.29, 1.82) is 0 Å². The minimum absolute atomic E-state index is 0.00448. The molecule has 1 aliphatic heterocycles. The third-order valence-electron chi connectivity index (χ3n) is 15.3. The standard InChI is InChI=1S/C62H118O6/c1-2-3-4-5-6-7-8-9-10-11-12-13-14-15-16-17-18-19-20-21-22-23-24-25-26-27-28-29-30-31-32-33-34-35-36-37-38-39-40-41-42-43-44-45-46-47-48-49-50-51-52-53-59-54-60(65)67-57-62(55-63,56-64)58-68-61(59)66/h25-26,59,63-64H,2-24,27-58H2,1H3/b26-25+. The first-order valence-electron chi connectivity index (χ1n) is 30.8. The lowest BCUT2D eigenvalue weighted by atomic mass is 9.92. The normalized spacial score (nSPS) is 15.4. The number of hydrogen-bond donors (Lipinski definition) is 2. The van der Waals surface area contributed by atoms with Gasteiger partial charge < -0.3 is 19.7 Å². The molecule has 1 fully saturated rings. The Morgan fingerprint density at radius 3 is 0.912 bits per heavy atom. The van der Waals surface area contributed by atoms with Crippen LogP contribution in [0.4, 0.5) is 0 Å². The number of allylic oxidation sites excluding steroid dienone is 2. The Labute approximate surface area is 423 Å². The molecule has 6 nitrogen and oxygen atoms in total. The van der Waals surface area contributed by atoms with Crippen molar-refractivity contribution in [2.45, 2.75) is 334 Å². The van der Waals surface area contributed by atoms with E-state index < -0.39 is 36.5 Å². The molecular weight excluding hydrogens is 841 g/mol. The molecule has 1 atom stereocenters. The Hall–Kier alpha value is -1.40. The zero-order chi connectivity index (χ0) is 49.0. The summed E-state index contributed by atoms with van der Waals surface area (Å²) in [5, 5.41) is 19.2. The van der Waals surface area contributed by atoms with Gasteiger partial charge in [0, 0.05) is 0 Å². The van der Waals surface area contributed by atoms with Gasteiger partial charge in [-0.1, -0.05) is 308 Å². The molecule has 1 rings (SSSR count). The number of aliphatic hydroxyl groups is 2. The number of cyclic esters (lactones) is 2. The van der Waals surface area contributed by atoms with Gasteiger partial charge in [-0.05, 0) is 32.1 Å². The van der Waals surface area contributed by atoms with E-state index in [1.807, 2.05) is 0 Å². The minimum atomic E-state index is -1.12. The summed E-state index contributed by atoms with van der Waals surface area (Å²) in [6.07, 6.45) is 74.2. The molecule has 0 aromatic heterocycles. The van der Waals surface area contributed by atoms with Gasteiger partial charge >= 0.3 is 11.9 Å². The van der Waals surface area contributed by atoms with Crippen molar-refractivity contribution in [2.24, 2.45) is 11.3 Å². The molecular formula is C62H118O6. The summed E-state index contributed by atoms with van der Waals surface area (Å²) < 4.78 is 10.6. The van der Waals surface area contributed by atoms with Crippen molar-refractivity contribution in [2.75, 3.05) is 26.4 Å². The first-order valence-corrected chi connectivity index (χ1v) is 30.8. The molecule has 0 radical (unpaired) electrons. The van der Waals surface area contributed by atoms with E-state index in [1.165, 1.54) is 295 Å². The van der Waals surface area contributed by atoms with Crippen LogP contribution < -0.4 is 0 Å². The lowest BCUT2D eigenvalue weighted by Crippen LogP contribution is -2.40. The Morgan fingerprint density at radius 1 is 0.382 bits per heavy atom. The molecule has 1 aliphatic rings. The molecule has 1 unspecified atom stereocenters. The van der Waals surface area contributed by atoms with Gasteiger partial charge in [0.15, 0.2) is 0 Å². The van der Waals surface area contributed by atoms with Gasteiger partial charge in [-0.2, -0.15) is 0 Å². The fraction of sp³-hybridized carbons (Fsp3) is 0.935. The molecule has 6 heteroatoms. The van der Waals surface area contributed by atoms with Gasteiger partial charge in [0.1, 0.15) is 13.2 Å². The van der Waals surface area contributed by atoms with Crippen LogP contribution in [-0.2, 0) is 19.1 Å². The smallest absolute Gasteiger partial charge is 0.309 e. The number of ether oxygens (including phenoxy) is 2. The Kier molecular flexibility index (Phi) is 49.4. The average molecular weight is 960 g/mol. The Morgan fingerprint density at radius 2 is 0.632 bits per heavy atom.